The van der Waals surface area contributed by atoms with E-state index >= 15 is 0 Å². The Morgan fingerprint density at radius 3 is 2.76 bits per heavy atom. The minimum atomic E-state index is -1.05. The lowest BCUT2D eigenvalue weighted by molar-refractivity contribution is -0.139. The van der Waals surface area contributed by atoms with Gasteiger partial charge in [-0.2, -0.15) is 0 Å². The van der Waals surface area contributed by atoms with Crippen LogP contribution < -0.4 is 5.32 Å². The molecular weight excluding hydrogens is 272 g/mol. The summed E-state index contributed by atoms with van der Waals surface area (Å²) in [6.45, 7) is 0. The van der Waals surface area contributed by atoms with E-state index in [-0.39, 0.29) is 18.5 Å². The van der Waals surface area contributed by atoms with Crippen LogP contribution in [0.1, 0.15) is 37.8 Å². The second-order valence-corrected chi connectivity index (χ2v) is 5.52. The van der Waals surface area contributed by atoms with Gasteiger partial charge in [0, 0.05) is 31.4 Å². The Balaban J connectivity index is 1.92. The van der Waals surface area contributed by atoms with Gasteiger partial charge < -0.3 is 20.3 Å². The zero-order chi connectivity index (χ0) is 15.2. The van der Waals surface area contributed by atoms with Crippen molar-refractivity contribution in [2.45, 2.75) is 50.6 Å². The maximum atomic E-state index is 12.2. The second-order valence-electron chi connectivity index (χ2n) is 5.52. The van der Waals surface area contributed by atoms with Crippen molar-refractivity contribution in [3.63, 3.8) is 0 Å². The first-order valence-corrected chi connectivity index (χ1v) is 7.31. The summed E-state index contributed by atoms with van der Waals surface area (Å²) >= 11 is 0. The molecule has 0 aromatic carbocycles. The SMILES string of the molecule is CN(C(=O)NC(Cc1cnc[nH]1)C(=O)O)C1CCCCC1. The van der Waals surface area contributed by atoms with Crippen LogP contribution in [0, 0.1) is 0 Å². The molecule has 1 fully saturated rings. The highest BCUT2D eigenvalue weighted by molar-refractivity contribution is 5.82. The third-order valence-electron chi connectivity index (χ3n) is 4.02. The summed E-state index contributed by atoms with van der Waals surface area (Å²) in [5.74, 6) is -1.05. The van der Waals surface area contributed by atoms with Crippen molar-refractivity contribution in [3.8, 4) is 0 Å². The van der Waals surface area contributed by atoms with E-state index in [0.29, 0.717) is 5.69 Å². The smallest absolute Gasteiger partial charge is 0.326 e. The average Bonchev–Trinajstić information content (AvgIpc) is 2.99. The molecule has 1 aromatic rings. The third-order valence-corrected chi connectivity index (χ3v) is 4.02. The summed E-state index contributed by atoms with van der Waals surface area (Å²) in [5.41, 5.74) is 0.683. The summed E-state index contributed by atoms with van der Waals surface area (Å²) in [7, 11) is 1.74. The molecule has 1 saturated carbocycles. The Labute approximate surface area is 123 Å². The summed E-state index contributed by atoms with van der Waals surface area (Å²) in [4.78, 5) is 31.8. The maximum Gasteiger partial charge on any atom is 0.326 e. The molecule has 0 aliphatic heterocycles. The fraction of sp³-hybridized carbons (Fsp3) is 0.643. The molecule has 1 aromatic heterocycles. The van der Waals surface area contributed by atoms with Crippen LogP contribution in [0.4, 0.5) is 4.79 Å². The van der Waals surface area contributed by atoms with E-state index < -0.39 is 12.0 Å². The molecule has 1 atom stereocenters. The molecule has 2 rings (SSSR count). The molecule has 3 N–H and O–H groups in total. The van der Waals surface area contributed by atoms with Crippen LogP contribution >= 0.6 is 0 Å². The Hall–Kier alpha value is -2.05. The number of urea groups is 1. The third kappa shape index (κ3) is 4.21. The van der Waals surface area contributed by atoms with Crippen LogP contribution in [-0.4, -0.2) is 51.1 Å². The van der Waals surface area contributed by atoms with E-state index in [2.05, 4.69) is 15.3 Å². The number of aromatic amines is 1. The number of nitrogens with zero attached hydrogens (tertiary/aromatic N) is 2. The van der Waals surface area contributed by atoms with Gasteiger partial charge in [0.2, 0.25) is 0 Å². The Morgan fingerprint density at radius 2 is 2.19 bits per heavy atom. The standard InChI is InChI=1S/C14H22N4O3/c1-18(11-5-3-2-4-6-11)14(21)17-12(13(19)20)7-10-8-15-9-16-10/h8-9,11-12H,2-7H2,1H3,(H,15,16)(H,17,21)(H,19,20). The minimum Gasteiger partial charge on any atom is -0.480 e. The molecule has 0 saturated heterocycles. The number of amides is 2. The lowest BCUT2D eigenvalue weighted by Gasteiger charge is -2.32. The minimum absolute atomic E-state index is 0.194. The first-order valence-electron chi connectivity index (χ1n) is 7.31. The number of H-pyrrole nitrogens is 1. The molecular formula is C14H22N4O3. The molecule has 0 bridgehead atoms. The number of carboxylic acids is 1. The van der Waals surface area contributed by atoms with Crippen LogP contribution in [0.25, 0.3) is 0 Å². The second kappa shape index (κ2) is 7.10. The number of imidazole rings is 1. The fourth-order valence-electron chi connectivity index (χ4n) is 2.70. The van der Waals surface area contributed by atoms with Crippen molar-refractivity contribution >= 4 is 12.0 Å². The van der Waals surface area contributed by atoms with Gasteiger partial charge in [-0.1, -0.05) is 19.3 Å². The summed E-state index contributed by atoms with van der Waals surface area (Å²) in [5, 5.41) is 11.8. The zero-order valence-corrected chi connectivity index (χ0v) is 12.2. The molecule has 21 heavy (non-hydrogen) atoms. The number of rotatable bonds is 5. The van der Waals surface area contributed by atoms with E-state index in [1.807, 2.05) is 0 Å². The monoisotopic (exact) mass is 294 g/mol. The van der Waals surface area contributed by atoms with Crippen LogP contribution in [-0.2, 0) is 11.2 Å². The summed E-state index contributed by atoms with van der Waals surface area (Å²) in [6, 6.07) is -1.07. The number of carboxylic acid groups (broad SMARTS) is 1. The van der Waals surface area contributed by atoms with Gasteiger partial charge in [0.15, 0.2) is 0 Å². The summed E-state index contributed by atoms with van der Waals surface area (Å²) < 4.78 is 0. The fourth-order valence-corrected chi connectivity index (χ4v) is 2.70. The predicted molar refractivity (Wildman–Crippen MR) is 76.9 cm³/mol. The van der Waals surface area contributed by atoms with Crippen molar-refractivity contribution < 1.29 is 14.7 Å². The molecule has 0 spiro atoms. The molecule has 2 amide bonds. The molecule has 1 unspecified atom stereocenters. The van der Waals surface area contributed by atoms with Crippen LogP contribution in [0.5, 0.6) is 0 Å². The van der Waals surface area contributed by atoms with Crippen LogP contribution in [0.3, 0.4) is 0 Å². The van der Waals surface area contributed by atoms with Gasteiger partial charge in [-0.3, -0.25) is 0 Å². The zero-order valence-electron chi connectivity index (χ0n) is 12.2. The highest BCUT2D eigenvalue weighted by Gasteiger charge is 2.26. The van der Waals surface area contributed by atoms with E-state index in [1.165, 1.54) is 12.7 Å². The number of nitrogens with one attached hydrogen (secondary N) is 2. The van der Waals surface area contributed by atoms with Crippen molar-refractivity contribution in [2.75, 3.05) is 7.05 Å². The number of carbonyl (C=O) groups excluding carboxylic acids is 1. The largest absolute Gasteiger partial charge is 0.480 e. The molecule has 1 aliphatic rings. The van der Waals surface area contributed by atoms with Gasteiger partial charge in [-0.15, -0.1) is 0 Å². The molecule has 7 nitrogen and oxygen atoms in total. The van der Waals surface area contributed by atoms with Crippen LogP contribution in [0.15, 0.2) is 12.5 Å². The molecule has 1 aliphatic carbocycles. The van der Waals surface area contributed by atoms with Crippen molar-refractivity contribution in [1.29, 1.82) is 0 Å². The van der Waals surface area contributed by atoms with Gasteiger partial charge in [-0.25, -0.2) is 14.6 Å². The molecule has 7 heteroatoms. The Bertz CT molecular complexity index is 469. The van der Waals surface area contributed by atoms with Gasteiger partial charge in [0.05, 0.1) is 6.33 Å². The number of carbonyl (C=O) groups is 2. The van der Waals surface area contributed by atoms with Gasteiger partial charge in [0.25, 0.3) is 0 Å². The Morgan fingerprint density at radius 1 is 1.48 bits per heavy atom. The first-order chi connectivity index (χ1) is 10.1. The van der Waals surface area contributed by atoms with Crippen molar-refractivity contribution in [2.24, 2.45) is 0 Å². The number of hydrogen-bond donors (Lipinski definition) is 3. The quantitative estimate of drug-likeness (QED) is 0.764. The maximum absolute atomic E-state index is 12.2. The number of aliphatic carboxylic acids is 1. The highest BCUT2D eigenvalue weighted by Crippen LogP contribution is 2.21. The topological polar surface area (TPSA) is 98.3 Å². The molecule has 116 valence electrons. The number of hydrogen-bond acceptors (Lipinski definition) is 3. The van der Waals surface area contributed by atoms with Gasteiger partial charge >= 0.3 is 12.0 Å². The average molecular weight is 294 g/mol. The van der Waals surface area contributed by atoms with E-state index in [0.717, 1.165) is 25.7 Å². The molecule has 0 radical (unpaired) electrons. The lowest BCUT2D eigenvalue weighted by atomic mass is 9.95. The molecule has 1 heterocycles. The van der Waals surface area contributed by atoms with Crippen molar-refractivity contribution in [3.05, 3.63) is 18.2 Å². The summed E-state index contributed by atoms with van der Waals surface area (Å²) in [6.07, 6.45) is 8.68. The van der Waals surface area contributed by atoms with Crippen LogP contribution in [0.2, 0.25) is 0 Å². The van der Waals surface area contributed by atoms with E-state index in [1.54, 1.807) is 18.1 Å². The van der Waals surface area contributed by atoms with Gasteiger partial charge in [-0.05, 0) is 12.8 Å². The van der Waals surface area contributed by atoms with E-state index in [9.17, 15) is 14.7 Å². The predicted octanol–water partition coefficient (Wildman–Crippen LogP) is 1.38. The number of aromatic nitrogens is 2. The van der Waals surface area contributed by atoms with Crippen molar-refractivity contribution in [1.82, 2.24) is 20.2 Å². The van der Waals surface area contributed by atoms with Gasteiger partial charge in [0.1, 0.15) is 6.04 Å². The first kappa shape index (κ1) is 15.3. The van der Waals surface area contributed by atoms with E-state index in [4.69, 9.17) is 0 Å². The lowest BCUT2D eigenvalue weighted by Crippen LogP contribution is -2.50. The normalized spacial score (nSPS) is 17.2. The highest BCUT2D eigenvalue weighted by atomic mass is 16.4. The Kier molecular flexibility index (Phi) is 5.19.